The van der Waals surface area contributed by atoms with Gasteiger partial charge in [0.2, 0.25) is 0 Å². The van der Waals surface area contributed by atoms with Crippen LogP contribution in [0.1, 0.15) is 5.01 Å². The van der Waals surface area contributed by atoms with Crippen LogP contribution in [0.25, 0.3) is 10.2 Å². The average Bonchev–Trinajstić information content (AvgIpc) is 2.59. The van der Waals surface area contributed by atoms with E-state index in [4.69, 9.17) is 0 Å². The first-order valence-electron chi connectivity index (χ1n) is 4.34. The summed E-state index contributed by atoms with van der Waals surface area (Å²) in [4.78, 5) is 15.3. The van der Waals surface area contributed by atoms with Gasteiger partial charge in [-0.15, -0.1) is 11.3 Å². The zero-order valence-corrected chi connectivity index (χ0v) is 8.87. The molecule has 2 rings (SSSR count). The summed E-state index contributed by atoms with van der Waals surface area (Å²) >= 11 is 1.38. The van der Waals surface area contributed by atoms with Gasteiger partial charge in [-0.3, -0.25) is 4.79 Å². The Hall–Kier alpha value is -1.62. The van der Waals surface area contributed by atoms with Crippen molar-refractivity contribution in [3.63, 3.8) is 0 Å². The van der Waals surface area contributed by atoms with Crippen molar-refractivity contribution >= 4 is 27.5 Å². The van der Waals surface area contributed by atoms with E-state index in [-0.39, 0.29) is 18.1 Å². The number of phenols is 1. The van der Waals surface area contributed by atoms with E-state index in [1.807, 2.05) is 0 Å². The smallest absolute Gasteiger partial charge is 0.312 e. The third-order valence-corrected chi connectivity index (χ3v) is 2.96. The molecule has 0 radical (unpaired) electrons. The van der Waals surface area contributed by atoms with Crippen LogP contribution in [-0.4, -0.2) is 23.2 Å². The lowest BCUT2D eigenvalue weighted by Gasteiger charge is -1.92. The first kappa shape index (κ1) is 9.92. The molecule has 15 heavy (non-hydrogen) atoms. The first-order valence-corrected chi connectivity index (χ1v) is 5.16. The maximum absolute atomic E-state index is 11.0. The van der Waals surface area contributed by atoms with Gasteiger partial charge in [0.15, 0.2) is 0 Å². The lowest BCUT2D eigenvalue weighted by molar-refractivity contribution is -0.139. The van der Waals surface area contributed by atoms with E-state index in [1.54, 1.807) is 18.2 Å². The fourth-order valence-electron chi connectivity index (χ4n) is 1.23. The number of esters is 1. The maximum atomic E-state index is 11.0. The number of rotatable bonds is 2. The lowest BCUT2D eigenvalue weighted by atomic mass is 10.3. The number of benzene rings is 1. The van der Waals surface area contributed by atoms with E-state index in [2.05, 4.69) is 9.72 Å². The average molecular weight is 223 g/mol. The molecule has 0 aliphatic rings. The first-order chi connectivity index (χ1) is 7.19. The maximum Gasteiger partial charge on any atom is 0.312 e. The minimum Gasteiger partial charge on any atom is -0.508 e. The molecule has 1 aromatic carbocycles. The Morgan fingerprint density at radius 1 is 1.60 bits per heavy atom. The van der Waals surface area contributed by atoms with E-state index in [0.717, 1.165) is 10.2 Å². The van der Waals surface area contributed by atoms with Crippen LogP contribution >= 0.6 is 11.3 Å². The number of phenolic OH excluding ortho intramolecular Hbond substituents is 1. The van der Waals surface area contributed by atoms with Gasteiger partial charge >= 0.3 is 5.97 Å². The number of ether oxygens (including phenoxy) is 1. The minimum absolute atomic E-state index is 0.177. The number of fused-ring (bicyclic) bond motifs is 1. The van der Waals surface area contributed by atoms with E-state index in [0.29, 0.717) is 5.01 Å². The molecule has 5 heteroatoms. The number of carbonyl (C=O) groups excluding carboxylic acids is 1. The number of hydrogen-bond donors (Lipinski definition) is 1. The third-order valence-electron chi connectivity index (χ3n) is 1.94. The number of hydrogen-bond acceptors (Lipinski definition) is 5. The van der Waals surface area contributed by atoms with Crippen molar-refractivity contribution in [3.05, 3.63) is 23.2 Å². The summed E-state index contributed by atoms with van der Waals surface area (Å²) in [5.74, 6) is -0.103. The second kappa shape index (κ2) is 3.86. The summed E-state index contributed by atoms with van der Waals surface area (Å²) in [6, 6.07) is 4.93. The fourth-order valence-corrected chi connectivity index (χ4v) is 2.22. The van der Waals surface area contributed by atoms with Crippen LogP contribution in [0, 0.1) is 0 Å². The van der Waals surface area contributed by atoms with Crippen LogP contribution in [0.5, 0.6) is 5.75 Å². The Kier molecular flexibility index (Phi) is 2.55. The molecule has 0 aliphatic carbocycles. The van der Waals surface area contributed by atoms with Crippen LogP contribution in [0.2, 0.25) is 0 Å². The van der Waals surface area contributed by atoms with Gasteiger partial charge in [0, 0.05) is 0 Å². The lowest BCUT2D eigenvalue weighted by Crippen LogP contribution is -2.03. The second-order valence-electron chi connectivity index (χ2n) is 3.01. The topological polar surface area (TPSA) is 59.4 Å². The van der Waals surface area contributed by atoms with Gasteiger partial charge in [-0.25, -0.2) is 4.98 Å². The zero-order chi connectivity index (χ0) is 10.8. The van der Waals surface area contributed by atoms with Crippen molar-refractivity contribution in [1.29, 1.82) is 0 Å². The van der Waals surface area contributed by atoms with Crippen molar-refractivity contribution in [3.8, 4) is 5.75 Å². The molecule has 1 heterocycles. The summed E-state index contributed by atoms with van der Waals surface area (Å²) < 4.78 is 5.42. The van der Waals surface area contributed by atoms with E-state index in [9.17, 15) is 9.90 Å². The van der Waals surface area contributed by atoms with Crippen molar-refractivity contribution in [2.24, 2.45) is 0 Å². The molecule has 0 amide bonds. The van der Waals surface area contributed by atoms with Crippen LogP contribution in [0.15, 0.2) is 18.2 Å². The number of carbonyl (C=O) groups is 1. The molecule has 2 aromatic rings. The zero-order valence-electron chi connectivity index (χ0n) is 8.06. The highest BCUT2D eigenvalue weighted by Gasteiger charge is 2.09. The highest BCUT2D eigenvalue weighted by Crippen LogP contribution is 2.25. The Bertz CT molecular complexity index is 506. The SMILES string of the molecule is COC(=O)Cc1nc2ccc(O)cc2s1. The standard InChI is InChI=1S/C10H9NO3S/c1-14-10(13)5-9-11-7-3-2-6(12)4-8(7)15-9/h2-4,12H,5H2,1H3. The quantitative estimate of drug-likeness (QED) is 0.787. The number of aromatic hydroxyl groups is 1. The van der Waals surface area contributed by atoms with E-state index < -0.39 is 0 Å². The predicted octanol–water partition coefficient (Wildman–Crippen LogP) is 1.72. The highest BCUT2D eigenvalue weighted by molar-refractivity contribution is 7.18. The Labute approximate surface area is 90.1 Å². The Morgan fingerprint density at radius 3 is 3.13 bits per heavy atom. The van der Waals surface area contributed by atoms with Crippen LogP contribution < -0.4 is 0 Å². The molecule has 0 unspecified atom stereocenters. The highest BCUT2D eigenvalue weighted by atomic mass is 32.1. The summed E-state index contributed by atoms with van der Waals surface area (Å²) in [6.07, 6.45) is 0.177. The third kappa shape index (κ3) is 2.07. The largest absolute Gasteiger partial charge is 0.508 e. The van der Waals surface area contributed by atoms with Crippen molar-refractivity contribution < 1.29 is 14.6 Å². The summed E-state index contributed by atoms with van der Waals surface area (Å²) in [7, 11) is 1.35. The molecule has 0 spiro atoms. The summed E-state index contributed by atoms with van der Waals surface area (Å²) in [6.45, 7) is 0. The van der Waals surface area contributed by atoms with Crippen LogP contribution in [0.3, 0.4) is 0 Å². The van der Waals surface area contributed by atoms with Gasteiger partial charge in [0.1, 0.15) is 10.8 Å². The molecule has 0 aliphatic heterocycles. The van der Waals surface area contributed by atoms with Crippen molar-refractivity contribution in [1.82, 2.24) is 4.98 Å². The van der Waals surface area contributed by atoms with E-state index >= 15 is 0 Å². The fraction of sp³-hybridized carbons (Fsp3) is 0.200. The Morgan fingerprint density at radius 2 is 2.40 bits per heavy atom. The molecule has 0 fully saturated rings. The summed E-state index contributed by atoms with van der Waals surface area (Å²) in [5.41, 5.74) is 0.789. The molecule has 1 N–H and O–H groups in total. The van der Waals surface area contributed by atoms with Gasteiger partial charge in [-0.05, 0) is 18.2 Å². The van der Waals surface area contributed by atoms with Gasteiger partial charge < -0.3 is 9.84 Å². The summed E-state index contributed by atoms with van der Waals surface area (Å²) in [5, 5.41) is 9.95. The van der Waals surface area contributed by atoms with Crippen LogP contribution in [-0.2, 0) is 16.0 Å². The number of aromatic nitrogens is 1. The second-order valence-corrected chi connectivity index (χ2v) is 4.13. The Balaban J connectivity index is 2.34. The molecule has 4 nitrogen and oxygen atoms in total. The van der Waals surface area contributed by atoms with Crippen molar-refractivity contribution in [2.75, 3.05) is 7.11 Å². The number of nitrogens with zero attached hydrogens (tertiary/aromatic N) is 1. The number of methoxy groups -OCH3 is 1. The predicted molar refractivity (Wildman–Crippen MR) is 57.0 cm³/mol. The molecule has 0 atom stereocenters. The normalized spacial score (nSPS) is 10.5. The van der Waals surface area contributed by atoms with Gasteiger partial charge in [0.05, 0.1) is 23.7 Å². The molecule has 0 saturated carbocycles. The molecule has 78 valence electrons. The van der Waals surface area contributed by atoms with Gasteiger partial charge in [0.25, 0.3) is 0 Å². The molecule has 0 bridgehead atoms. The van der Waals surface area contributed by atoms with Crippen LogP contribution in [0.4, 0.5) is 0 Å². The van der Waals surface area contributed by atoms with Gasteiger partial charge in [-0.2, -0.15) is 0 Å². The molecular formula is C10H9NO3S. The van der Waals surface area contributed by atoms with Gasteiger partial charge in [-0.1, -0.05) is 0 Å². The molecular weight excluding hydrogens is 214 g/mol. The minimum atomic E-state index is -0.307. The van der Waals surface area contributed by atoms with Crippen molar-refractivity contribution in [2.45, 2.75) is 6.42 Å². The molecule has 0 saturated heterocycles. The monoisotopic (exact) mass is 223 g/mol. The molecule has 1 aromatic heterocycles. The van der Waals surface area contributed by atoms with E-state index in [1.165, 1.54) is 18.4 Å². The number of thiazole rings is 1.